The zero-order chi connectivity index (χ0) is 12.4. The summed E-state index contributed by atoms with van der Waals surface area (Å²) >= 11 is 0. The molecule has 5 nitrogen and oxygen atoms in total. The Hall–Kier alpha value is -2.01. The first-order valence-electron chi connectivity index (χ1n) is 5.10. The SMILES string of the molecule is O=C(CO)OC1CC(=O)c2ccccc2C1=O. The maximum atomic E-state index is 11.9. The van der Waals surface area contributed by atoms with E-state index in [9.17, 15) is 14.4 Å². The van der Waals surface area contributed by atoms with Gasteiger partial charge < -0.3 is 9.84 Å². The summed E-state index contributed by atoms with van der Waals surface area (Å²) in [6.45, 7) is -0.806. The fourth-order valence-corrected chi connectivity index (χ4v) is 1.78. The number of Topliss-reactive ketones (excluding diaryl/α,β-unsaturated/α-hetero) is 2. The first-order chi connectivity index (χ1) is 8.13. The van der Waals surface area contributed by atoms with Gasteiger partial charge in [-0.2, -0.15) is 0 Å². The third-order valence-electron chi connectivity index (χ3n) is 2.56. The van der Waals surface area contributed by atoms with Gasteiger partial charge in [0.2, 0.25) is 5.78 Å². The Morgan fingerprint density at radius 2 is 1.94 bits per heavy atom. The van der Waals surface area contributed by atoms with E-state index in [1.807, 2.05) is 0 Å². The molecular formula is C12H10O5. The molecule has 1 aromatic carbocycles. The summed E-state index contributed by atoms with van der Waals surface area (Å²) < 4.78 is 4.72. The molecule has 1 aliphatic rings. The van der Waals surface area contributed by atoms with Crippen LogP contribution in [0.25, 0.3) is 0 Å². The van der Waals surface area contributed by atoms with Gasteiger partial charge in [-0.3, -0.25) is 9.59 Å². The van der Waals surface area contributed by atoms with Crippen LogP contribution in [0.1, 0.15) is 27.1 Å². The van der Waals surface area contributed by atoms with Crippen molar-refractivity contribution < 1.29 is 24.2 Å². The van der Waals surface area contributed by atoms with E-state index in [2.05, 4.69) is 0 Å². The number of hydrogen-bond donors (Lipinski definition) is 1. The first-order valence-corrected chi connectivity index (χ1v) is 5.10. The Morgan fingerprint density at radius 3 is 2.59 bits per heavy atom. The van der Waals surface area contributed by atoms with E-state index in [-0.39, 0.29) is 17.8 Å². The van der Waals surface area contributed by atoms with Crippen LogP contribution in [0, 0.1) is 0 Å². The number of benzene rings is 1. The van der Waals surface area contributed by atoms with Gasteiger partial charge in [0, 0.05) is 11.1 Å². The fraction of sp³-hybridized carbons (Fsp3) is 0.250. The second-order valence-corrected chi connectivity index (χ2v) is 3.67. The number of esters is 1. The Balaban J connectivity index is 2.30. The Labute approximate surface area is 97.0 Å². The first kappa shape index (κ1) is 11.5. The second kappa shape index (κ2) is 4.47. The van der Waals surface area contributed by atoms with Gasteiger partial charge in [-0.1, -0.05) is 24.3 Å². The van der Waals surface area contributed by atoms with E-state index in [4.69, 9.17) is 9.84 Å². The maximum absolute atomic E-state index is 11.9. The largest absolute Gasteiger partial charge is 0.452 e. The number of fused-ring (bicyclic) bond motifs is 1. The summed E-state index contributed by atoms with van der Waals surface area (Å²) in [7, 11) is 0. The molecule has 0 bridgehead atoms. The third-order valence-corrected chi connectivity index (χ3v) is 2.56. The Morgan fingerprint density at radius 1 is 1.29 bits per heavy atom. The van der Waals surface area contributed by atoms with Crippen molar-refractivity contribution in [3.8, 4) is 0 Å². The van der Waals surface area contributed by atoms with E-state index in [1.165, 1.54) is 6.07 Å². The van der Waals surface area contributed by atoms with Gasteiger partial charge >= 0.3 is 5.97 Å². The molecule has 0 radical (unpaired) electrons. The molecule has 1 aliphatic carbocycles. The van der Waals surface area contributed by atoms with Crippen LogP contribution >= 0.6 is 0 Å². The molecule has 2 rings (SSSR count). The van der Waals surface area contributed by atoms with Crippen LogP contribution in [-0.4, -0.2) is 35.4 Å². The summed E-state index contributed by atoms with van der Waals surface area (Å²) in [6, 6.07) is 6.40. The highest BCUT2D eigenvalue weighted by Crippen LogP contribution is 2.23. The van der Waals surface area contributed by atoms with Gasteiger partial charge in [0.25, 0.3) is 0 Å². The highest BCUT2D eigenvalue weighted by molar-refractivity contribution is 6.16. The Kier molecular flexibility index (Phi) is 3.01. The van der Waals surface area contributed by atoms with Crippen molar-refractivity contribution in [3.05, 3.63) is 35.4 Å². The van der Waals surface area contributed by atoms with Gasteiger partial charge in [0.15, 0.2) is 11.9 Å². The molecule has 17 heavy (non-hydrogen) atoms. The summed E-state index contributed by atoms with van der Waals surface area (Å²) in [4.78, 5) is 34.5. The molecule has 0 fully saturated rings. The number of rotatable bonds is 2. The van der Waals surface area contributed by atoms with E-state index < -0.39 is 24.5 Å². The quantitative estimate of drug-likeness (QED) is 0.747. The van der Waals surface area contributed by atoms with E-state index >= 15 is 0 Å². The predicted octanol–water partition coefficient (Wildman–Crippen LogP) is 0.360. The molecule has 0 heterocycles. The van der Waals surface area contributed by atoms with Crippen molar-refractivity contribution in [1.29, 1.82) is 0 Å². The summed E-state index contributed by atoms with van der Waals surface area (Å²) in [5.41, 5.74) is 0.619. The molecule has 1 N–H and O–H groups in total. The minimum atomic E-state index is -1.11. The van der Waals surface area contributed by atoms with Gasteiger partial charge in [-0.15, -0.1) is 0 Å². The van der Waals surface area contributed by atoms with Gasteiger partial charge in [-0.05, 0) is 0 Å². The van der Waals surface area contributed by atoms with Crippen molar-refractivity contribution >= 4 is 17.5 Å². The van der Waals surface area contributed by atoms with Crippen molar-refractivity contribution in [1.82, 2.24) is 0 Å². The minimum absolute atomic E-state index is 0.165. The number of carbonyl (C=O) groups is 3. The van der Waals surface area contributed by atoms with Crippen molar-refractivity contribution in [2.45, 2.75) is 12.5 Å². The number of aliphatic hydroxyl groups excluding tert-OH is 1. The number of ether oxygens (including phenoxy) is 1. The highest BCUT2D eigenvalue weighted by Gasteiger charge is 2.34. The molecular weight excluding hydrogens is 224 g/mol. The second-order valence-electron chi connectivity index (χ2n) is 3.67. The highest BCUT2D eigenvalue weighted by atomic mass is 16.6. The lowest BCUT2D eigenvalue weighted by Gasteiger charge is -2.21. The van der Waals surface area contributed by atoms with Crippen LogP contribution in [0.3, 0.4) is 0 Å². The summed E-state index contributed by atoms with van der Waals surface area (Å²) in [5, 5.41) is 8.54. The van der Waals surface area contributed by atoms with Crippen LogP contribution in [0.5, 0.6) is 0 Å². The number of ketones is 2. The average Bonchev–Trinajstić information content (AvgIpc) is 2.35. The molecule has 0 saturated carbocycles. The molecule has 0 spiro atoms. The molecule has 1 aromatic rings. The van der Waals surface area contributed by atoms with Crippen molar-refractivity contribution in [2.75, 3.05) is 6.61 Å². The van der Waals surface area contributed by atoms with Crippen LogP contribution in [0.15, 0.2) is 24.3 Å². The standard InChI is InChI=1S/C12H10O5/c13-6-11(15)17-10-5-9(14)7-3-1-2-4-8(7)12(10)16/h1-4,10,13H,5-6H2. The van der Waals surface area contributed by atoms with Crippen molar-refractivity contribution in [2.24, 2.45) is 0 Å². The van der Waals surface area contributed by atoms with E-state index in [0.717, 1.165) is 0 Å². The minimum Gasteiger partial charge on any atom is -0.452 e. The van der Waals surface area contributed by atoms with Crippen LogP contribution in [-0.2, 0) is 9.53 Å². The normalized spacial score (nSPS) is 18.8. The smallest absolute Gasteiger partial charge is 0.332 e. The summed E-state index contributed by atoms with van der Waals surface area (Å²) in [5.74, 6) is -1.55. The third kappa shape index (κ3) is 2.09. The number of aliphatic hydroxyl groups is 1. The van der Waals surface area contributed by atoms with Crippen molar-refractivity contribution in [3.63, 3.8) is 0 Å². The lowest BCUT2D eigenvalue weighted by atomic mass is 9.88. The van der Waals surface area contributed by atoms with Crippen LogP contribution in [0.4, 0.5) is 0 Å². The van der Waals surface area contributed by atoms with Gasteiger partial charge in [-0.25, -0.2) is 4.79 Å². The topological polar surface area (TPSA) is 80.7 Å². The van der Waals surface area contributed by atoms with Crippen LogP contribution in [0.2, 0.25) is 0 Å². The molecule has 0 aromatic heterocycles. The predicted molar refractivity (Wildman–Crippen MR) is 56.7 cm³/mol. The zero-order valence-electron chi connectivity index (χ0n) is 8.88. The van der Waals surface area contributed by atoms with Crippen LogP contribution < -0.4 is 0 Å². The Bertz CT molecular complexity index is 491. The molecule has 0 saturated heterocycles. The maximum Gasteiger partial charge on any atom is 0.332 e. The molecule has 1 unspecified atom stereocenters. The average molecular weight is 234 g/mol. The zero-order valence-corrected chi connectivity index (χ0v) is 8.88. The lowest BCUT2D eigenvalue weighted by molar-refractivity contribution is -0.150. The monoisotopic (exact) mass is 234 g/mol. The molecule has 5 heteroatoms. The molecule has 88 valence electrons. The molecule has 1 atom stereocenters. The van der Waals surface area contributed by atoms with E-state index in [1.54, 1.807) is 18.2 Å². The fourth-order valence-electron chi connectivity index (χ4n) is 1.78. The van der Waals surface area contributed by atoms with Gasteiger partial charge in [0.1, 0.15) is 6.61 Å². The number of carbonyl (C=O) groups excluding carboxylic acids is 3. The summed E-state index contributed by atoms with van der Waals surface area (Å²) in [6.07, 6.45) is -1.28. The van der Waals surface area contributed by atoms with Gasteiger partial charge in [0.05, 0.1) is 6.42 Å². The van der Waals surface area contributed by atoms with E-state index in [0.29, 0.717) is 5.56 Å². The molecule has 0 amide bonds. The number of hydrogen-bond acceptors (Lipinski definition) is 5. The lowest BCUT2D eigenvalue weighted by Crippen LogP contribution is -2.35. The molecule has 0 aliphatic heterocycles.